The Bertz CT molecular complexity index is 751. The molecule has 0 aliphatic carbocycles. The molecule has 0 spiro atoms. The first kappa shape index (κ1) is 11.7. The molecule has 0 amide bonds. The van der Waals surface area contributed by atoms with E-state index in [4.69, 9.17) is 5.73 Å². The van der Waals surface area contributed by atoms with Crippen LogP contribution in [0.4, 0.5) is 5.95 Å². The van der Waals surface area contributed by atoms with Crippen molar-refractivity contribution < 1.29 is 0 Å². The number of benzene rings is 1. The molecule has 19 heavy (non-hydrogen) atoms. The van der Waals surface area contributed by atoms with E-state index in [1.54, 1.807) is 0 Å². The molecule has 3 aromatic rings. The lowest BCUT2D eigenvalue weighted by atomic mass is 10.1. The maximum Gasteiger partial charge on any atom is 0.207 e. The van der Waals surface area contributed by atoms with Gasteiger partial charge in [0.05, 0.1) is 5.69 Å². The van der Waals surface area contributed by atoms with Crippen LogP contribution in [0.5, 0.6) is 0 Å². The Hall–Kier alpha value is -2.36. The molecule has 4 heteroatoms. The molecular formula is C15H16N4. The summed E-state index contributed by atoms with van der Waals surface area (Å²) in [4.78, 5) is 8.92. The van der Waals surface area contributed by atoms with Crippen molar-refractivity contribution in [3.8, 4) is 5.69 Å². The predicted octanol–water partition coefficient (Wildman–Crippen LogP) is 2.93. The average Bonchev–Trinajstić information content (AvgIpc) is 2.63. The third kappa shape index (κ3) is 1.95. The number of imidazole rings is 1. The molecule has 0 unspecified atom stereocenters. The molecule has 2 aromatic heterocycles. The highest BCUT2D eigenvalue weighted by molar-refractivity contribution is 5.77. The Balaban J connectivity index is 2.35. The van der Waals surface area contributed by atoms with E-state index >= 15 is 0 Å². The predicted molar refractivity (Wildman–Crippen MR) is 77.5 cm³/mol. The highest BCUT2D eigenvalue weighted by Gasteiger charge is 2.11. The maximum absolute atomic E-state index is 6.05. The Kier molecular flexibility index (Phi) is 2.52. The maximum atomic E-state index is 6.05. The quantitative estimate of drug-likeness (QED) is 0.724. The minimum absolute atomic E-state index is 0.470. The molecule has 1 aromatic carbocycles. The molecule has 2 N–H and O–H groups in total. The van der Waals surface area contributed by atoms with E-state index in [2.05, 4.69) is 42.0 Å². The molecule has 3 rings (SSSR count). The van der Waals surface area contributed by atoms with Crippen molar-refractivity contribution in [2.24, 2.45) is 0 Å². The van der Waals surface area contributed by atoms with Crippen molar-refractivity contribution in [1.82, 2.24) is 14.5 Å². The summed E-state index contributed by atoms with van der Waals surface area (Å²) in [6.07, 6.45) is 0. The molecule has 0 aliphatic rings. The summed E-state index contributed by atoms with van der Waals surface area (Å²) in [5.74, 6) is 0.470. The number of pyridine rings is 1. The number of aromatic nitrogens is 3. The SMILES string of the molecule is Cc1cc(C)cc(-n2c(N)nc3ccc(C)nc32)c1. The summed E-state index contributed by atoms with van der Waals surface area (Å²) in [6, 6.07) is 10.2. The van der Waals surface area contributed by atoms with Crippen LogP contribution in [-0.2, 0) is 0 Å². The molecule has 0 fully saturated rings. The number of rotatable bonds is 1. The van der Waals surface area contributed by atoms with Crippen LogP contribution in [0.2, 0.25) is 0 Å². The van der Waals surface area contributed by atoms with E-state index in [9.17, 15) is 0 Å². The summed E-state index contributed by atoms with van der Waals surface area (Å²) < 4.78 is 1.91. The molecule has 4 nitrogen and oxygen atoms in total. The van der Waals surface area contributed by atoms with Gasteiger partial charge in [-0.2, -0.15) is 0 Å². The van der Waals surface area contributed by atoms with Crippen LogP contribution in [0.15, 0.2) is 30.3 Å². The fourth-order valence-corrected chi connectivity index (χ4v) is 2.40. The lowest BCUT2D eigenvalue weighted by Crippen LogP contribution is -2.02. The zero-order valence-corrected chi connectivity index (χ0v) is 11.3. The van der Waals surface area contributed by atoms with Crippen LogP contribution in [0, 0.1) is 20.8 Å². The van der Waals surface area contributed by atoms with E-state index in [0.717, 1.165) is 22.5 Å². The van der Waals surface area contributed by atoms with E-state index in [-0.39, 0.29) is 0 Å². The van der Waals surface area contributed by atoms with Crippen molar-refractivity contribution >= 4 is 17.1 Å². The van der Waals surface area contributed by atoms with Gasteiger partial charge in [-0.05, 0) is 56.2 Å². The fraction of sp³-hybridized carbons (Fsp3) is 0.200. The van der Waals surface area contributed by atoms with E-state index in [1.807, 2.05) is 23.6 Å². The molecule has 0 aliphatic heterocycles. The Morgan fingerprint density at radius 2 is 1.63 bits per heavy atom. The highest BCUT2D eigenvalue weighted by Crippen LogP contribution is 2.23. The van der Waals surface area contributed by atoms with Crippen LogP contribution >= 0.6 is 0 Å². The Morgan fingerprint density at radius 3 is 2.32 bits per heavy atom. The van der Waals surface area contributed by atoms with Gasteiger partial charge in [-0.3, -0.25) is 4.57 Å². The summed E-state index contributed by atoms with van der Waals surface area (Å²) in [7, 11) is 0. The molecule has 0 saturated carbocycles. The monoisotopic (exact) mass is 252 g/mol. The van der Waals surface area contributed by atoms with Crippen molar-refractivity contribution in [3.05, 3.63) is 47.2 Å². The highest BCUT2D eigenvalue weighted by atomic mass is 15.2. The molecular weight excluding hydrogens is 236 g/mol. The summed E-state index contributed by atoms with van der Waals surface area (Å²) >= 11 is 0. The van der Waals surface area contributed by atoms with Crippen LogP contribution in [0.25, 0.3) is 16.9 Å². The minimum Gasteiger partial charge on any atom is -0.369 e. The summed E-state index contributed by atoms with van der Waals surface area (Å²) in [5.41, 5.74) is 12.0. The zero-order chi connectivity index (χ0) is 13.6. The number of hydrogen-bond donors (Lipinski definition) is 1. The first-order chi connectivity index (χ1) is 9.04. The third-order valence-electron chi connectivity index (χ3n) is 3.13. The van der Waals surface area contributed by atoms with Gasteiger partial charge in [0.1, 0.15) is 5.52 Å². The van der Waals surface area contributed by atoms with Crippen LogP contribution in [0.1, 0.15) is 16.8 Å². The van der Waals surface area contributed by atoms with Gasteiger partial charge in [0.25, 0.3) is 0 Å². The number of nitrogens with zero attached hydrogens (tertiary/aromatic N) is 3. The van der Waals surface area contributed by atoms with Gasteiger partial charge in [0, 0.05) is 5.69 Å². The lowest BCUT2D eigenvalue weighted by Gasteiger charge is -2.08. The second-order valence-electron chi connectivity index (χ2n) is 4.95. The summed E-state index contributed by atoms with van der Waals surface area (Å²) in [5, 5.41) is 0. The number of hydrogen-bond acceptors (Lipinski definition) is 3. The van der Waals surface area contributed by atoms with E-state index in [1.165, 1.54) is 11.1 Å². The standard InChI is InChI=1S/C15H16N4/c1-9-6-10(2)8-12(7-9)19-14-13(18-15(19)16)5-4-11(3)17-14/h4-8H,1-3H3,(H2,16,18). The second-order valence-corrected chi connectivity index (χ2v) is 4.95. The van der Waals surface area contributed by atoms with Crippen molar-refractivity contribution in [2.45, 2.75) is 20.8 Å². The lowest BCUT2D eigenvalue weighted by molar-refractivity contribution is 1.06. The number of nitrogens with two attached hydrogens (primary N) is 1. The number of nitrogen functional groups attached to an aromatic ring is 1. The number of fused-ring (bicyclic) bond motifs is 1. The first-order valence-electron chi connectivity index (χ1n) is 6.25. The smallest absolute Gasteiger partial charge is 0.207 e. The summed E-state index contributed by atoms with van der Waals surface area (Å²) in [6.45, 7) is 6.11. The van der Waals surface area contributed by atoms with Crippen molar-refractivity contribution in [2.75, 3.05) is 5.73 Å². The zero-order valence-electron chi connectivity index (χ0n) is 11.3. The van der Waals surface area contributed by atoms with Crippen molar-refractivity contribution in [1.29, 1.82) is 0 Å². The average molecular weight is 252 g/mol. The number of anilines is 1. The topological polar surface area (TPSA) is 56.7 Å². The number of aryl methyl sites for hydroxylation is 3. The van der Waals surface area contributed by atoms with Gasteiger partial charge in [0.2, 0.25) is 5.95 Å². The second kappa shape index (κ2) is 4.09. The normalized spacial score (nSPS) is 11.1. The van der Waals surface area contributed by atoms with Gasteiger partial charge in [-0.25, -0.2) is 9.97 Å². The van der Waals surface area contributed by atoms with Gasteiger partial charge in [0.15, 0.2) is 5.65 Å². The van der Waals surface area contributed by atoms with Gasteiger partial charge < -0.3 is 5.73 Å². The molecule has 0 atom stereocenters. The molecule has 2 heterocycles. The molecule has 0 radical (unpaired) electrons. The van der Waals surface area contributed by atoms with Gasteiger partial charge in [-0.15, -0.1) is 0 Å². The largest absolute Gasteiger partial charge is 0.369 e. The Morgan fingerprint density at radius 1 is 0.947 bits per heavy atom. The molecule has 96 valence electrons. The van der Waals surface area contributed by atoms with E-state index < -0.39 is 0 Å². The molecule has 0 bridgehead atoms. The minimum atomic E-state index is 0.470. The Labute approximate surface area is 111 Å². The first-order valence-corrected chi connectivity index (χ1v) is 6.25. The molecule has 0 saturated heterocycles. The van der Waals surface area contributed by atoms with Crippen LogP contribution < -0.4 is 5.73 Å². The van der Waals surface area contributed by atoms with Crippen molar-refractivity contribution in [3.63, 3.8) is 0 Å². The fourth-order valence-electron chi connectivity index (χ4n) is 2.40. The van der Waals surface area contributed by atoms with Gasteiger partial charge >= 0.3 is 0 Å². The van der Waals surface area contributed by atoms with Gasteiger partial charge in [-0.1, -0.05) is 6.07 Å². The van der Waals surface area contributed by atoms with Crippen LogP contribution in [-0.4, -0.2) is 14.5 Å². The van der Waals surface area contributed by atoms with Crippen LogP contribution in [0.3, 0.4) is 0 Å². The third-order valence-corrected chi connectivity index (χ3v) is 3.13. The van der Waals surface area contributed by atoms with E-state index in [0.29, 0.717) is 5.95 Å².